The number of para-hydroxylation sites is 3. The molecule has 0 bridgehead atoms. The summed E-state index contributed by atoms with van der Waals surface area (Å²) in [7, 11) is 0. The Bertz CT molecular complexity index is 3400. The van der Waals surface area contributed by atoms with Crippen molar-refractivity contribution in [2.75, 3.05) is 0 Å². The fourth-order valence-electron chi connectivity index (χ4n) is 10.5. The van der Waals surface area contributed by atoms with E-state index in [-0.39, 0.29) is 6.04 Å². The second-order valence-corrected chi connectivity index (χ2v) is 16.4. The smallest absolute Gasteiger partial charge is 0.134 e. The number of allylic oxidation sites excluding steroid dienone is 2. The molecule has 3 heterocycles. The van der Waals surface area contributed by atoms with Crippen molar-refractivity contribution in [3.05, 3.63) is 251 Å². The van der Waals surface area contributed by atoms with Gasteiger partial charge in [-0.05, 0) is 51.6 Å². The van der Waals surface area contributed by atoms with E-state index >= 15 is 0 Å². The minimum absolute atomic E-state index is 0.0712. The molecular weight excluding hydrogens is 755 g/mol. The van der Waals surface area contributed by atoms with Crippen molar-refractivity contribution in [1.29, 1.82) is 0 Å². The van der Waals surface area contributed by atoms with E-state index in [0.717, 1.165) is 84.0 Å². The van der Waals surface area contributed by atoms with Crippen molar-refractivity contribution in [1.82, 2.24) is 10.3 Å². The molecule has 8 aromatic carbocycles. The van der Waals surface area contributed by atoms with Crippen LogP contribution in [0.5, 0.6) is 11.5 Å². The molecule has 4 heteroatoms. The van der Waals surface area contributed by atoms with Crippen molar-refractivity contribution in [2.24, 2.45) is 4.99 Å². The summed E-state index contributed by atoms with van der Waals surface area (Å²) >= 11 is 0. The lowest BCUT2D eigenvalue weighted by Crippen LogP contribution is -2.38. The van der Waals surface area contributed by atoms with Crippen molar-refractivity contribution in [2.45, 2.75) is 11.5 Å². The van der Waals surface area contributed by atoms with Crippen molar-refractivity contribution >= 4 is 33.2 Å². The van der Waals surface area contributed by atoms with E-state index in [0.29, 0.717) is 0 Å². The van der Waals surface area contributed by atoms with Gasteiger partial charge in [-0.25, -0.2) is 9.98 Å². The van der Waals surface area contributed by atoms with E-state index < -0.39 is 5.41 Å². The Balaban J connectivity index is 0.935. The van der Waals surface area contributed by atoms with Crippen LogP contribution >= 0.6 is 0 Å². The number of aromatic nitrogens is 1. The highest BCUT2D eigenvalue weighted by molar-refractivity contribution is 6.19. The second kappa shape index (κ2) is 13.5. The number of fused-ring (bicyclic) bond motifs is 14. The average molecular weight is 792 g/mol. The molecule has 13 rings (SSSR count). The molecule has 0 saturated heterocycles. The van der Waals surface area contributed by atoms with Crippen LogP contribution in [0, 0.1) is 0 Å². The van der Waals surface area contributed by atoms with Crippen LogP contribution in [0.2, 0.25) is 0 Å². The van der Waals surface area contributed by atoms with E-state index in [1.165, 1.54) is 33.2 Å². The SMILES string of the molecule is C1=CC2=C(c3ccc(-c4ccc(-c5nc6ccccc6c6c7c(ccc56)C5(c6ccccc6Oc6ccccc65)c5ccccc5-7)cc4)cc3)N=C(c3ccccc3)NC2C=C1. The Labute approximate surface area is 359 Å². The lowest BCUT2D eigenvalue weighted by Gasteiger charge is -2.39. The van der Waals surface area contributed by atoms with Crippen LogP contribution in [0.15, 0.2) is 223 Å². The molecular formula is C58H37N3O. The molecule has 4 aliphatic rings. The first-order chi connectivity index (χ1) is 30.7. The fraction of sp³-hybridized carbons (Fsp3) is 0.0345. The lowest BCUT2D eigenvalue weighted by atomic mass is 9.66. The highest BCUT2D eigenvalue weighted by atomic mass is 16.5. The van der Waals surface area contributed by atoms with Crippen LogP contribution in [0.1, 0.15) is 33.4 Å². The number of ether oxygens (including phenoxy) is 1. The molecule has 1 N–H and O–H groups in total. The van der Waals surface area contributed by atoms with Gasteiger partial charge in [0.15, 0.2) is 0 Å². The summed E-state index contributed by atoms with van der Waals surface area (Å²) in [4.78, 5) is 10.6. The fourth-order valence-corrected chi connectivity index (χ4v) is 10.5. The van der Waals surface area contributed by atoms with Gasteiger partial charge in [0.1, 0.15) is 17.3 Å². The molecule has 0 fully saturated rings. The Morgan fingerprint density at radius 2 is 1.11 bits per heavy atom. The van der Waals surface area contributed by atoms with Crippen molar-refractivity contribution in [3.63, 3.8) is 0 Å². The third-order valence-electron chi connectivity index (χ3n) is 13.2. The molecule has 9 aromatic rings. The number of nitrogens with one attached hydrogen (secondary N) is 1. The van der Waals surface area contributed by atoms with Crippen LogP contribution in [0.25, 0.3) is 60.9 Å². The Morgan fingerprint density at radius 3 is 1.87 bits per heavy atom. The molecule has 1 spiro atoms. The first kappa shape index (κ1) is 34.8. The monoisotopic (exact) mass is 791 g/mol. The lowest BCUT2D eigenvalue weighted by molar-refractivity contribution is 0.436. The van der Waals surface area contributed by atoms with Gasteiger partial charge in [0, 0.05) is 49.5 Å². The highest BCUT2D eigenvalue weighted by Gasteiger charge is 2.51. The van der Waals surface area contributed by atoms with E-state index in [2.05, 4.69) is 212 Å². The van der Waals surface area contributed by atoms with Gasteiger partial charge >= 0.3 is 0 Å². The highest BCUT2D eigenvalue weighted by Crippen LogP contribution is 2.63. The Morgan fingerprint density at radius 1 is 0.484 bits per heavy atom. The number of pyridine rings is 1. The third kappa shape index (κ3) is 5.01. The number of hydrogen-bond acceptors (Lipinski definition) is 4. The summed E-state index contributed by atoms with van der Waals surface area (Å²) < 4.78 is 6.62. The number of hydrogen-bond donors (Lipinski definition) is 1. The maximum Gasteiger partial charge on any atom is 0.134 e. The van der Waals surface area contributed by atoms with E-state index in [1.54, 1.807) is 0 Å². The minimum atomic E-state index is -0.541. The zero-order valence-corrected chi connectivity index (χ0v) is 33.6. The van der Waals surface area contributed by atoms with E-state index in [9.17, 15) is 0 Å². The largest absolute Gasteiger partial charge is 0.457 e. The summed E-state index contributed by atoms with van der Waals surface area (Å²) in [5, 5.41) is 7.14. The predicted octanol–water partition coefficient (Wildman–Crippen LogP) is 13.4. The molecule has 0 saturated carbocycles. The molecule has 2 aliphatic carbocycles. The molecule has 1 unspecified atom stereocenters. The molecule has 4 nitrogen and oxygen atoms in total. The normalized spacial score (nSPS) is 16.2. The van der Waals surface area contributed by atoms with E-state index in [1.807, 2.05) is 6.07 Å². The van der Waals surface area contributed by atoms with E-state index in [4.69, 9.17) is 14.7 Å². The van der Waals surface area contributed by atoms with Crippen molar-refractivity contribution in [3.8, 4) is 45.0 Å². The van der Waals surface area contributed by atoms with Gasteiger partial charge in [0.2, 0.25) is 0 Å². The van der Waals surface area contributed by atoms with Gasteiger partial charge in [-0.2, -0.15) is 0 Å². The maximum absolute atomic E-state index is 6.62. The van der Waals surface area contributed by atoms with Crippen LogP contribution in [-0.4, -0.2) is 16.9 Å². The molecule has 290 valence electrons. The van der Waals surface area contributed by atoms with Crippen LogP contribution in [-0.2, 0) is 5.41 Å². The van der Waals surface area contributed by atoms with Crippen LogP contribution in [0.3, 0.4) is 0 Å². The zero-order chi connectivity index (χ0) is 40.8. The number of benzene rings is 8. The summed E-state index contributed by atoms with van der Waals surface area (Å²) in [6.45, 7) is 0. The molecule has 0 amide bonds. The average Bonchev–Trinajstić information content (AvgIpc) is 3.64. The molecule has 1 atom stereocenters. The van der Waals surface area contributed by atoms with Gasteiger partial charge in [-0.3, -0.25) is 0 Å². The standard InChI is InChI=1S/C58H37N3O/c1-2-14-40(15-3-1)57-60-50-23-11-6-18-43(50)55(61-57)38-30-26-36(27-31-38)37-28-32-39(33-29-37)56-44-34-35-48-54(53(44)42-17-5-10-22-49(42)59-56)41-16-4-7-19-45(41)58(48)46-20-8-12-24-51(46)62-52-25-13-9-21-47(52)58/h1-35,50H,(H,60,61). The number of aliphatic imine (C=N–C) groups is 1. The van der Waals surface area contributed by atoms with Crippen LogP contribution in [0.4, 0.5) is 0 Å². The third-order valence-corrected chi connectivity index (χ3v) is 13.2. The summed E-state index contributed by atoms with van der Waals surface area (Å²) in [6.07, 6.45) is 8.56. The molecule has 0 radical (unpaired) electrons. The quantitative estimate of drug-likeness (QED) is 0.181. The number of rotatable bonds is 4. The second-order valence-electron chi connectivity index (χ2n) is 16.4. The summed E-state index contributed by atoms with van der Waals surface area (Å²) in [5.74, 6) is 2.67. The molecule has 62 heavy (non-hydrogen) atoms. The van der Waals surface area contributed by atoms with Gasteiger partial charge in [-0.15, -0.1) is 0 Å². The number of nitrogens with zero attached hydrogens (tertiary/aromatic N) is 2. The van der Waals surface area contributed by atoms with Gasteiger partial charge in [-0.1, -0.05) is 194 Å². The summed E-state index contributed by atoms with van der Waals surface area (Å²) in [6, 6.07) is 67.5. The maximum atomic E-state index is 6.62. The van der Waals surface area contributed by atoms with Crippen LogP contribution < -0.4 is 10.1 Å². The topological polar surface area (TPSA) is 46.5 Å². The number of amidine groups is 1. The first-order valence-electron chi connectivity index (χ1n) is 21.3. The molecule has 2 aliphatic heterocycles. The van der Waals surface area contributed by atoms with Crippen molar-refractivity contribution < 1.29 is 4.74 Å². The summed E-state index contributed by atoms with van der Waals surface area (Å²) in [5.41, 5.74) is 16.5. The van der Waals surface area contributed by atoms with Gasteiger partial charge < -0.3 is 10.1 Å². The van der Waals surface area contributed by atoms with Gasteiger partial charge in [0.05, 0.1) is 28.4 Å². The predicted molar refractivity (Wildman–Crippen MR) is 253 cm³/mol. The molecule has 1 aromatic heterocycles. The Kier molecular flexibility index (Phi) is 7.55. The zero-order valence-electron chi connectivity index (χ0n) is 33.6. The van der Waals surface area contributed by atoms with Gasteiger partial charge in [0.25, 0.3) is 0 Å². The first-order valence-corrected chi connectivity index (χ1v) is 21.3. The minimum Gasteiger partial charge on any atom is -0.457 e. The Hall–Kier alpha value is -8.08.